The Hall–Kier alpha value is -1.73. The Bertz CT molecular complexity index is 730. The molecule has 1 aromatic carbocycles. The molecule has 0 spiro atoms. The Labute approximate surface area is 151 Å². The van der Waals surface area contributed by atoms with E-state index in [0.717, 1.165) is 0 Å². The minimum absolute atomic E-state index is 0.132. The third kappa shape index (κ3) is 4.89. The van der Waals surface area contributed by atoms with E-state index in [1.54, 1.807) is 44.2 Å². The van der Waals surface area contributed by atoms with E-state index in [9.17, 15) is 9.36 Å². The van der Waals surface area contributed by atoms with Crippen molar-refractivity contribution in [2.45, 2.75) is 25.6 Å². The van der Waals surface area contributed by atoms with Gasteiger partial charge in [-0.3, -0.25) is 9.36 Å². The zero-order valence-corrected chi connectivity index (χ0v) is 15.6. The average molecular weight is 387 g/mol. The van der Waals surface area contributed by atoms with E-state index in [-0.39, 0.29) is 19.1 Å². The maximum Gasteiger partial charge on any atom is 0.375 e. The smallest absolute Gasteiger partial charge is 0.320 e. The van der Waals surface area contributed by atoms with Crippen molar-refractivity contribution >= 4 is 25.1 Å². The quantitative estimate of drug-likeness (QED) is 0.525. The van der Waals surface area contributed by atoms with Crippen molar-refractivity contribution in [2.24, 2.45) is 0 Å². The Morgan fingerprint density at radius 2 is 1.92 bits per heavy atom. The SMILES string of the molecule is CCOP(=O)(OCC)C(NC(=O)c1ccccc1)n1cc(CCl)nn1. The zero-order chi connectivity index (χ0) is 18.3. The maximum absolute atomic E-state index is 13.2. The fourth-order valence-corrected chi connectivity index (χ4v) is 3.99. The van der Waals surface area contributed by atoms with Crippen LogP contribution in [0.5, 0.6) is 0 Å². The number of hydrogen-bond donors (Lipinski definition) is 1. The second-order valence-corrected chi connectivity index (χ2v) is 7.26. The van der Waals surface area contributed by atoms with E-state index in [0.29, 0.717) is 11.3 Å². The lowest BCUT2D eigenvalue weighted by Crippen LogP contribution is -2.34. The standard InChI is InChI=1S/C15H20ClN4O4P/c1-3-23-25(22,24-4-2)15(20-11-13(10-16)18-19-20)17-14(21)12-8-6-5-7-9-12/h5-9,11,15H,3-4,10H2,1-2H3,(H,17,21). The minimum Gasteiger partial charge on any atom is -0.320 e. The third-order valence-electron chi connectivity index (χ3n) is 3.16. The van der Waals surface area contributed by atoms with Gasteiger partial charge in [-0.2, -0.15) is 0 Å². The second kappa shape index (κ2) is 9.10. The Morgan fingerprint density at radius 3 is 2.44 bits per heavy atom. The van der Waals surface area contributed by atoms with Crippen LogP contribution < -0.4 is 5.32 Å². The fourth-order valence-electron chi connectivity index (χ4n) is 2.11. The van der Waals surface area contributed by atoms with Gasteiger partial charge in [0.05, 0.1) is 31.0 Å². The molecule has 25 heavy (non-hydrogen) atoms. The molecule has 0 saturated carbocycles. The highest BCUT2D eigenvalue weighted by Gasteiger charge is 2.39. The monoisotopic (exact) mass is 386 g/mol. The third-order valence-corrected chi connectivity index (χ3v) is 5.63. The van der Waals surface area contributed by atoms with Gasteiger partial charge in [0.25, 0.3) is 5.91 Å². The molecule has 8 nitrogen and oxygen atoms in total. The van der Waals surface area contributed by atoms with Crippen LogP contribution in [0.3, 0.4) is 0 Å². The lowest BCUT2D eigenvalue weighted by Gasteiger charge is -2.26. The molecule has 0 fully saturated rings. The second-order valence-electron chi connectivity index (χ2n) is 4.91. The van der Waals surface area contributed by atoms with E-state index in [1.807, 2.05) is 0 Å². The van der Waals surface area contributed by atoms with Crippen molar-refractivity contribution in [3.8, 4) is 0 Å². The molecule has 1 unspecified atom stereocenters. The molecule has 2 rings (SSSR count). The number of hydrogen-bond acceptors (Lipinski definition) is 6. The number of alkyl halides is 1. The van der Waals surface area contributed by atoms with Gasteiger partial charge in [0.15, 0.2) is 0 Å². The molecule has 1 atom stereocenters. The molecule has 0 bridgehead atoms. The van der Waals surface area contributed by atoms with E-state index >= 15 is 0 Å². The van der Waals surface area contributed by atoms with Crippen molar-refractivity contribution in [2.75, 3.05) is 13.2 Å². The summed E-state index contributed by atoms with van der Waals surface area (Å²) in [6, 6.07) is 8.55. The molecule has 1 amide bonds. The molecule has 1 N–H and O–H groups in total. The summed E-state index contributed by atoms with van der Waals surface area (Å²) in [7, 11) is -3.74. The predicted octanol–water partition coefficient (Wildman–Crippen LogP) is 3.17. The molecule has 10 heteroatoms. The first-order chi connectivity index (χ1) is 12.0. The summed E-state index contributed by atoms with van der Waals surface area (Å²) in [4.78, 5) is 12.5. The first kappa shape index (κ1) is 19.6. The zero-order valence-electron chi connectivity index (χ0n) is 14.0. The molecule has 0 aliphatic carbocycles. The van der Waals surface area contributed by atoms with Crippen LogP contribution in [0.2, 0.25) is 0 Å². The van der Waals surface area contributed by atoms with Gasteiger partial charge in [-0.15, -0.1) is 16.7 Å². The van der Waals surface area contributed by atoms with Crippen LogP contribution in [0.4, 0.5) is 0 Å². The van der Waals surface area contributed by atoms with E-state index in [4.69, 9.17) is 20.6 Å². The number of rotatable bonds is 9. The van der Waals surface area contributed by atoms with Crippen LogP contribution in [0, 0.1) is 0 Å². The summed E-state index contributed by atoms with van der Waals surface area (Å²) >= 11 is 5.75. The average Bonchev–Trinajstić information content (AvgIpc) is 3.09. The summed E-state index contributed by atoms with van der Waals surface area (Å²) in [5, 5.41) is 10.4. The molecular weight excluding hydrogens is 367 g/mol. The minimum atomic E-state index is -3.74. The number of aromatic nitrogens is 3. The maximum atomic E-state index is 13.2. The van der Waals surface area contributed by atoms with E-state index < -0.39 is 19.4 Å². The van der Waals surface area contributed by atoms with Gasteiger partial charge in [0.1, 0.15) is 0 Å². The number of nitrogens with one attached hydrogen (secondary N) is 1. The number of carbonyl (C=O) groups excluding carboxylic acids is 1. The van der Waals surface area contributed by atoms with Crippen LogP contribution in [0.25, 0.3) is 0 Å². The van der Waals surface area contributed by atoms with Crippen molar-refractivity contribution in [3.05, 3.63) is 47.8 Å². The number of amides is 1. The Morgan fingerprint density at radius 1 is 1.28 bits per heavy atom. The van der Waals surface area contributed by atoms with Crippen molar-refractivity contribution in [1.82, 2.24) is 20.3 Å². The largest absolute Gasteiger partial charge is 0.375 e. The van der Waals surface area contributed by atoms with E-state index in [1.165, 1.54) is 10.9 Å². The number of benzene rings is 1. The molecule has 1 aromatic heterocycles. The Kier molecular flexibility index (Phi) is 7.13. The molecule has 0 aliphatic rings. The number of nitrogens with zero attached hydrogens (tertiary/aromatic N) is 3. The molecule has 0 aliphatic heterocycles. The van der Waals surface area contributed by atoms with Gasteiger partial charge in [-0.1, -0.05) is 23.4 Å². The summed E-state index contributed by atoms with van der Waals surface area (Å²) in [6.07, 6.45) is 1.49. The fraction of sp³-hybridized carbons (Fsp3) is 0.400. The van der Waals surface area contributed by atoms with Crippen molar-refractivity contribution in [3.63, 3.8) is 0 Å². The molecule has 1 heterocycles. The topological polar surface area (TPSA) is 95.3 Å². The van der Waals surface area contributed by atoms with Crippen LogP contribution in [-0.2, 0) is 19.5 Å². The molecule has 0 radical (unpaired) electrons. The Balaban J connectivity index is 2.37. The summed E-state index contributed by atoms with van der Waals surface area (Å²) in [6.45, 7) is 3.67. The molecule has 2 aromatic rings. The molecule has 0 saturated heterocycles. The van der Waals surface area contributed by atoms with Crippen LogP contribution in [-0.4, -0.2) is 34.1 Å². The van der Waals surface area contributed by atoms with Gasteiger partial charge in [0.2, 0.25) is 5.91 Å². The highest BCUT2D eigenvalue weighted by atomic mass is 35.5. The van der Waals surface area contributed by atoms with E-state index in [2.05, 4.69) is 15.6 Å². The predicted molar refractivity (Wildman–Crippen MR) is 93.4 cm³/mol. The number of halogens is 1. The van der Waals surface area contributed by atoms with Crippen LogP contribution in [0.1, 0.15) is 35.8 Å². The normalized spacial score (nSPS) is 12.8. The summed E-state index contributed by atoms with van der Waals surface area (Å²) < 4.78 is 25.2. The van der Waals surface area contributed by atoms with Gasteiger partial charge in [-0.25, -0.2) is 4.68 Å². The highest BCUT2D eigenvalue weighted by molar-refractivity contribution is 7.53. The summed E-state index contributed by atoms with van der Waals surface area (Å²) in [5.74, 6) is -1.47. The van der Waals surface area contributed by atoms with Crippen molar-refractivity contribution < 1.29 is 18.4 Å². The first-order valence-electron chi connectivity index (χ1n) is 7.75. The van der Waals surface area contributed by atoms with Crippen LogP contribution >= 0.6 is 19.2 Å². The van der Waals surface area contributed by atoms with Gasteiger partial charge in [-0.05, 0) is 26.0 Å². The lowest BCUT2D eigenvalue weighted by atomic mass is 10.2. The first-order valence-corrected chi connectivity index (χ1v) is 9.90. The highest BCUT2D eigenvalue weighted by Crippen LogP contribution is 2.57. The van der Waals surface area contributed by atoms with Crippen LogP contribution in [0.15, 0.2) is 36.5 Å². The lowest BCUT2D eigenvalue weighted by molar-refractivity contribution is 0.0917. The van der Waals surface area contributed by atoms with Gasteiger partial charge >= 0.3 is 7.60 Å². The molecule has 136 valence electrons. The van der Waals surface area contributed by atoms with Gasteiger partial charge in [0, 0.05) is 5.56 Å². The summed E-state index contributed by atoms with van der Waals surface area (Å²) in [5.41, 5.74) is 0.880. The van der Waals surface area contributed by atoms with Crippen molar-refractivity contribution in [1.29, 1.82) is 0 Å². The number of carbonyl (C=O) groups is 1. The molecular formula is C15H20ClN4O4P. The van der Waals surface area contributed by atoms with Gasteiger partial charge < -0.3 is 14.4 Å².